The maximum absolute atomic E-state index is 12.2. The standard InChI is InChI=1S/C21H19NO2/c1-16-12-13-20(19(14-16)17-8-4-2-5-9-17)22-21(23)15-24-18-10-6-3-7-11-18/h2-14H,15H2,1H3,(H,22,23). The first-order chi connectivity index (χ1) is 11.7. The van der Waals surface area contributed by atoms with E-state index in [9.17, 15) is 4.79 Å². The van der Waals surface area contributed by atoms with Crippen molar-refractivity contribution in [3.05, 3.63) is 84.4 Å². The molecule has 0 saturated heterocycles. The van der Waals surface area contributed by atoms with Crippen molar-refractivity contribution in [2.45, 2.75) is 6.92 Å². The summed E-state index contributed by atoms with van der Waals surface area (Å²) >= 11 is 0. The Morgan fingerprint density at radius 3 is 2.29 bits per heavy atom. The van der Waals surface area contributed by atoms with Crippen molar-refractivity contribution in [2.24, 2.45) is 0 Å². The van der Waals surface area contributed by atoms with E-state index in [-0.39, 0.29) is 12.5 Å². The number of amides is 1. The van der Waals surface area contributed by atoms with Crippen LogP contribution in [0.15, 0.2) is 78.9 Å². The van der Waals surface area contributed by atoms with Crippen LogP contribution in [0.2, 0.25) is 0 Å². The van der Waals surface area contributed by atoms with Crippen LogP contribution in [0.3, 0.4) is 0 Å². The molecule has 24 heavy (non-hydrogen) atoms. The minimum absolute atomic E-state index is 0.0217. The molecule has 0 unspecified atom stereocenters. The van der Waals surface area contributed by atoms with E-state index >= 15 is 0 Å². The summed E-state index contributed by atoms with van der Waals surface area (Å²) in [5.74, 6) is 0.500. The Kier molecular flexibility index (Phi) is 4.92. The molecule has 0 saturated carbocycles. The number of carbonyl (C=O) groups is 1. The molecule has 3 nitrogen and oxygen atoms in total. The number of aryl methyl sites for hydroxylation is 1. The zero-order valence-electron chi connectivity index (χ0n) is 13.5. The van der Waals surface area contributed by atoms with E-state index in [4.69, 9.17) is 4.74 Å². The Bertz CT molecular complexity index is 814. The van der Waals surface area contributed by atoms with E-state index in [2.05, 4.69) is 11.4 Å². The molecule has 3 rings (SSSR count). The van der Waals surface area contributed by atoms with Gasteiger partial charge in [-0.3, -0.25) is 4.79 Å². The molecule has 0 aliphatic heterocycles. The highest BCUT2D eigenvalue weighted by molar-refractivity contribution is 5.96. The highest BCUT2D eigenvalue weighted by Crippen LogP contribution is 2.29. The van der Waals surface area contributed by atoms with E-state index in [0.717, 1.165) is 22.4 Å². The van der Waals surface area contributed by atoms with Gasteiger partial charge in [-0.05, 0) is 36.8 Å². The number of ether oxygens (including phenoxy) is 1. The summed E-state index contributed by atoms with van der Waals surface area (Å²) in [6.45, 7) is 2.02. The molecule has 3 aromatic carbocycles. The molecular weight excluding hydrogens is 298 g/mol. The third-order valence-corrected chi connectivity index (χ3v) is 3.65. The van der Waals surface area contributed by atoms with Crippen LogP contribution >= 0.6 is 0 Å². The number of hydrogen-bond donors (Lipinski definition) is 1. The van der Waals surface area contributed by atoms with Crippen LogP contribution in [0.5, 0.6) is 5.75 Å². The third-order valence-electron chi connectivity index (χ3n) is 3.65. The lowest BCUT2D eigenvalue weighted by molar-refractivity contribution is -0.118. The largest absolute Gasteiger partial charge is 0.484 e. The second kappa shape index (κ2) is 7.47. The smallest absolute Gasteiger partial charge is 0.262 e. The molecule has 0 aromatic heterocycles. The van der Waals surface area contributed by atoms with Crippen molar-refractivity contribution in [2.75, 3.05) is 11.9 Å². The predicted molar refractivity (Wildman–Crippen MR) is 97.2 cm³/mol. The highest BCUT2D eigenvalue weighted by Gasteiger charge is 2.09. The average molecular weight is 317 g/mol. The Hall–Kier alpha value is -3.07. The summed E-state index contributed by atoms with van der Waals surface area (Å²) < 4.78 is 5.50. The van der Waals surface area contributed by atoms with Gasteiger partial charge in [-0.1, -0.05) is 60.2 Å². The second-order valence-electron chi connectivity index (χ2n) is 5.56. The van der Waals surface area contributed by atoms with Gasteiger partial charge in [0.15, 0.2) is 6.61 Å². The Labute approximate surface area is 141 Å². The summed E-state index contributed by atoms with van der Waals surface area (Å²) in [7, 11) is 0. The molecule has 0 atom stereocenters. The number of carbonyl (C=O) groups excluding carboxylic acids is 1. The third kappa shape index (κ3) is 4.02. The van der Waals surface area contributed by atoms with Crippen molar-refractivity contribution in [1.29, 1.82) is 0 Å². The van der Waals surface area contributed by atoms with Crippen molar-refractivity contribution in [3.8, 4) is 16.9 Å². The fourth-order valence-corrected chi connectivity index (χ4v) is 2.48. The van der Waals surface area contributed by atoms with Crippen LogP contribution in [0.25, 0.3) is 11.1 Å². The average Bonchev–Trinajstić information content (AvgIpc) is 2.63. The summed E-state index contributed by atoms with van der Waals surface area (Å²) in [5, 5.41) is 2.94. The number of benzene rings is 3. The van der Waals surface area contributed by atoms with Crippen LogP contribution in [0.1, 0.15) is 5.56 Å². The molecule has 0 aliphatic carbocycles. The molecule has 1 N–H and O–H groups in total. The second-order valence-corrected chi connectivity index (χ2v) is 5.56. The fourth-order valence-electron chi connectivity index (χ4n) is 2.48. The van der Waals surface area contributed by atoms with Crippen LogP contribution in [0, 0.1) is 6.92 Å². The number of hydrogen-bond acceptors (Lipinski definition) is 2. The van der Waals surface area contributed by atoms with Crippen molar-refractivity contribution in [1.82, 2.24) is 0 Å². The van der Waals surface area contributed by atoms with Gasteiger partial charge < -0.3 is 10.1 Å². The summed E-state index contributed by atoms with van der Waals surface area (Å²) in [4.78, 5) is 12.2. The lowest BCUT2D eigenvalue weighted by Gasteiger charge is -2.13. The molecule has 1 amide bonds. The first-order valence-electron chi connectivity index (χ1n) is 7.86. The van der Waals surface area contributed by atoms with Crippen LogP contribution in [-0.4, -0.2) is 12.5 Å². The molecule has 0 aliphatic rings. The van der Waals surface area contributed by atoms with Crippen molar-refractivity contribution in [3.63, 3.8) is 0 Å². The van der Waals surface area contributed by atoms with Gasteiger partial charge >= 0.3 is 0 Å². The van der Waals surface area contributed by atoms with Gasteiger partial charge in [-0.2, -0.15) is 0 Å². The van der Waals surface area contributed by atoms with Gasteiger partial charge in [0.1, 0.15) is 5.75 Å². The van der Waals surface area contributed by atoms with Gasteiger partial charge in [0.25, 0.3) is 5.91 Å². The lowest BCUT2D eigenvalue weighted by atomic mass is 10.0. The highest BCUT2D eigenvalue weighted by atomic mass is 16.5. The molecule has 0 radical (unpaired) electrons. The monoisotopic (exact) mass is 317 g/mol. The van der Waals surface area contributed by atoms with Crippen molar-refractivity contribution >= 4 is 11.6 Å². The molecule has 0 fully saturated rings. The van der Waals surface area contributed by atoms with Crippen LogP contribution in [-0.2, 0) is 4.79 Å². The molecule has 0 spiro atoms. The lowest BCUT2D eigenvalue weighted by Crippen LogP contribution is -2.20. The van der Waals surface area contributed by atoms with E-state index in [0.29, 0.717) is 5.75 Å². The molecule has 0 heterocycles. The van der Waals surface area contributed by atoms with E-state index in [1.807, 2.05) is 79.7 Å². The predicted octanol–water partition coefficient (Wildman–Crippen LogP) is 4.68. The quantitative estimate of drug-likeness (QED) is 0.742. The van der Waals surface area contributed by atoms with Gasteiger partial charge in [0.2, 0.25) is 0 Å². The number of anilines is 1. The zero-order valence-corrected chi connectivity index (χ0v) is 13.5. The first-order valence-corrected chi connectivity index (χ1v) is 7.86. The van der Waals surface area contributed by atoms with Gasteiger partial charge in [0.05, 0.1) is 0 Å². The van der Waals surface area contributed by atoms with Crippen molar-refractivity contribution < 1.29 is 9.53 Å². The summed E-state index contributed by atoms with van der Waals surface area (Å²) in [5.41, 5.74) is 4.00. The topological polar surface area (TPSA) is 38.3 Å². The van der Waals surface area contributed by atoms with Gasteiger partial charge in [0, 0.05) is 11.3 Å². The zero-order chi connectivity index (χ0) is 16.8. The maximum atomic E-state index is 12.2. The Morgan fingerprint density at radius 1 is 0.917 bits per heavy atom. The van der Waals surface area contributed by atoms with E-state index in [1.165, 1.54) is 0 Å². The van der Waals surface area contributed by atoms with E-state index < -0.39 is 0 Å². The maximum Gasteiger partial charge on any atom is 0.262 e. The molecular formula is C21H19NO2. The molecule has 3 aromatic rings. The summed E-state index contributed by atoms with van der Waals surface area (Å²) in [6, 6.07) is 25.3. The number of nitrogens with one attached hydrogen (secondary N) is 1. The number of para-hydroxylation sites is 1. The molecule has 120 valence electrons. The molecule has 0 bridgehead atoms. The first kappa shape index (κ1) is 15.8. The van der Waals surface area contributed by atoms with Crippen LogP contribution in [0.4, 0.5) is 5.69 Å². The van der Waals surface area contributed by atoms with Gasteiger partial charge in [-0.25, -0.2) is 0 Å². The molecule has 3 heteroatoms. The normalized spacial score (nSPS) is 10.2. The number of rotatable bonds is 5. The van der Waals surface area contributed by atoms with Crippen LogP contribution < -0.4 is 10.1 Å². The SMILES string of the molecule is Cc1ccc(NC(=O)COc2ccccc2)c(-c2ccccc2)c1. The minimum Gasteiger partial charge on any atom is -0.484 e. The fraction of sp³-hybridized carbons (Fsp3) is 0.0952. The van der Waals surface area contributed by atoms with Gasteiger partial charge in [-0.15, -0.1) is 0 Å². The minimum atomic E-state index is -0.181. The van der Waals surface area contributed by atoms with E-state index in [1.54, 1.807) is 0 Å². The Balaban J connectivity index is 1.74. The Morgan fingerprint density at radius 2 is 1.58 bits per heavy atom. The summed E-state index contributed by atoms with van der Waals surface area (Å²) in [6.07, 6.45) is 0.